The molecule has 2 rings (SSSR count). The highest BCUT2D eigenvalue weighted by Crippen LogP contribution is 2.21. The Morgan fingerprint density at radius 2 is 2.17 bits per heavy atom. The molecule has 1 heterocycles. The molecule has 0 spiro atoms. The lowest BCUT2D eigenvalue weighted by molar-refractivity contribution is 1.12. The maximum atomic E-state index is 9.00. The number of anilines is 1. The fourth-order valence-corrected chi connectivity index (χ4v) is 1.82. The maximum Gasteiger partial charge on any atom is 0.152 e. The van der Waals surface area contributed by atoms with Crippen molar-refractivity contribution < 1.29 is 0 Å². The van der Waals surface area contributed by atoms with Crippen molar-refractivity contribution in [2.45, 2.75) is 13.5 Å². The quantitative estimate of drug-likeness (QED) is 0.856. The van der Waals surface area contributed by atoms with Crippen LogP contribution in [0.25, 0.3) is 0 Å². The lowest BCUT2D eigenvalue weighted by Crippen LogP contribution is -2.02. The molecule has 0 amide bonds. The van der Waals surface area contributed by atoms with Crippen LogP contribution in [0.2, 0.25) is 5.15 Å². The van der Waals surface area contributed by atoms with Gasteiger partial charge in [-0.1, -0.05) is 29.8 Å². The van der Waals surface area contributed by atoms with E-state index in [1.165, 1.54) is 0 Å². The van der Waals surface area contributed by atoms with E-state index in [1.807, 2.05) is 31.2 Å². The molecule has 2 aromatic rings. The second-order valence-corrected chi connectivity index (χ2v) is 4.33. The Morgan fingerprint density at radius 1 is 1.39 bits per heavy atom. The first-order chi connectivity index (χ1) is 8.70. The van der Waals surface area contributed by atoms with Crippen LogP contribution in [0.1, 0.15) is 16.7 Å². The monoisotopic (exact) mass is 257 g/mol. The van der Waals surface area contributed by atoms with Gasteiger partial charge in [0.1, 0.15) is 0 Å². The number of hydrogen-bond acceptors (Lipinski definition) is 3. The predicted octanol–water partition coefficient (Wildman–Crippen LogP) is 3.53. The van der Waals surface area contributed by atoms with Crippen molar-refractivity contribution in [1.82, 2.24) is 4.98 Å². The molecule has 0 aliphatic carbocycles. The van der Waals surface area contributed by atoms with Crippen LogP contribution < -0.4 is 5.32 Å². The van der Waals surface area contributed by atoms with E-state index in [0.29, 0.717) is 17.3 Å². The SMILES string of the molecule is Cc1cnc(Cl)c(NCc2ccccc2C#N)c1. The molecule has 1 aromatic heterocycles. The summed E-state index contributed by atoms with van der Waals surface area (Å²) in [5.74, 6) is 0. The summed E-state index contributed by atoms with van der Waals surface area (Å²) in [6.45, 7) is 2.51. The van der Waals surface area contributed by atoms with Gasteiger partial charge in [0, 0.05) is 12.7 Å². The summed E-state index contributed by atoms with van der Waals surface area (Å²) in [4.78, 5) is 4.07. The van der Waals surface area contributed by atoms with Gasteiger partial charge in [-0.15, -0.1) is 0 Å². The molecule has 0 bridgehead atoms. The molecule has 0 saturated heterocycles. The Labute approximate surface area is 111 Å². The van der Waals surface area contributed by atoms with Crippen LogP contribution in [0.4, 0.5) is 5.69 Å². The molecule has 0 atom stereocenters. The topological polar surface area (TPSA) is 48.7 Å². The molecule has 1 N–H and O–H groups in total. The molecule has 1 aromatic carbocycles. The van der Waals surface area contributed by atoms with E-state index in [1.54, 1.807) is 12.3 Å². The van der Waals surface area contributed by atoms with E-state index < -0.39 is 0 Å². The lowest BCUT2D eigenvalue weighted by atomic mass is 10.1. The minimum absolute atomic E-state index is 0.440. The van der Waals surface area contributed by atoms with Gasteiger partial charge in [0.15, 0.2) is 5.15 Å². The summed E-state index contributed by atoms with van der Waals surface area (Å²) in [6, 6.07) is 11.6. The Morgan fingerprint density at radius 3 is 2.94 bits per heavy atom. The molecule has 0 aliphatic heterocycles. The molecule has 90 valence electrons. The smallest absolute Gasteiger partial charge is 0.152 e. The van der Waals surface area contributed by atoms with E-state index in [2.05, 4.69) is 16.4 Å². The third-order valence-corrected chi connectivity index (χ3v) is 2.88. The number of aromatic nitrogens is 1. The number of pyridine rings is 1. The van der Waals surface area contributed by atoms with Crippen LogP contribution in [0, 0.1) is 18.3 Å². The first-order valence-electron chi connectivity index (χ1n) is 5.54. The van der Waals surface area contributed by atoms with Crippen molar-refractivity contribution in [3.8, 4) is 6.07 Å². The summed E-state index contributed by atoms with van der Waals surface area (Å²) < 4.78 is 0. The van der Waals surface area contributed by atoms with E-state index in [9.17, 15) is 0 Å². The van der Waals surface area contributed by atoms with Crippen LogP contribution in [0.15, 0.2) is 36.5 Å². The van der Waals surface area contributed by atoms with Gasteiger partial charge < -0.3 is 5.32 Å². The van der Waals surface area contributed by atoms with Gasteiger partial charge in [-0.05, 0) is 30.2 Å². The molecule has 3 nitrogen and oxygen atoms in total. The fraction of sp³-hybridized carbons (Fsp3) is 0.143. The van der Waals surface area contributed by atoms with Crippen molar-refractivity contribution in [2.24, 2.45) is 0 Å². The largest absolute Gasteiger partial charge is 0.378 e. The van der Waals surface area contributed by atoms with Crippen LogP contribution >= 0.6 is 11.6 Å². The van der Waals surface area contributed by atoms with E-state index in [0.717, 1.165) is 16.8 Å². The van der Waals surface area contributed by atoms with E-state index >= 15 is 0 Å². The maximum absolute atomic E-state index is 9.00. The van der Waals surface area contributed by atoms with Crippen molar-refractivity contribution in [3.05, 3.63) is 58.4 Å². The Balaban J connectivity index is 2.17. The highest BCUT2D eigenvalue weighted by atomic mass is 35.5. The summed E-state index contributed by atoms with van der Waals surface area (Å²) in [5.41, 5.74) is 3.43. The van der Waals surface area contributed by atoms with Crippen molar-refractivity contribution in [1.29, 1.82) is 5.26 Å². The van der Waals surface area contributed by atoms with Gasteiger partial charge >= 0.3 is 0 Å². The van der Waals surface area contributed by atoms with Gasteiger partial charge in [0.25, 0.3) is 0 Å². The molecule has 18 heavy (non-hydrogen) atoms. The molecule has 0 unspecified atom stereocenters. The summed E-state index contributed by atoms with van der Waals surface area (Å²) in [6.07, 6.45) is 1.72. The Bertz CT molecular complexity index is 602. The number of hydrogen-bond donors (Lipinski definition) is 1. The molecule has 0 fully saturated rings. The van der Waals surface area contributed by atoms with Gasteiger partial charge in [-0.3, -0.25) is 0 Å². The molecule has 4 heteroatoms. The number of nitrogens with one attached hydrogen (secondary N) is 1. The number of nitrogens with zero attached hydrogens (tertiary/aromatic N) is 2. The van der Waals surface area contributed by atoms with Crippen molar-refractivity contribution >= 4 is 17.3 Å². The zero-order chi connectivity index (χ0) is 13.0. The van der Waals surface area contributed by atoms with Gasteiger partial charge in [-0.25, -0.2) is 4.98 Å². The Hall–Kier alpha value is -2.05. The second kappa shape index (κ2) is 5.52. The standard InChI is InChI=1S/C14H12ClN3/c1-10-6-13(14(15)18-8-10)17-9-12-5-3-2-4-11(12)7-16/h2-6,8,17H,9H2,1H3. The summed E-state index contributed by atoms with van der Waals surface area (Å²) in [5, 5.41) is 12.6. The van der Waals surface area contributed by atoms with E-state index in [-0.39, 0.29) is 0 Å². The molecular weight excluding hydrogens is 246 g/mol. The van der Waals surface area contributed by atoms with Crippen molar-refractivity contribution in [2.75, 3.05) is 5.32 Å². The number of halogens is 1. The first kappa shape index (κ1) is 12.4. The van der Waals surface area contributed by atoms with Gasteiger partial charge in [0.2, 0.25) is 0 Å². The fourth-order valence-electron chi connectivity index (χ4n) is 1.65. The van der Waals surface area contributed by atoms with Crippen molar-refractivity contribution in [3.63, 3.8) is 0 Å². The predicted molar refractivity (Wildman–Crippen MR) is 72.5 cm³/mol. The average molecular weight is 258 g/mol. The second-order valence-electron chi connectivity index (χ2n) is 3.97. The zero-order valence-electron chi connectivity index (χ0n) is 9.94. The highest BCUT2D eigenvalue weighted by Gasteiger charge is 2.04. The van der Waals surface area contributed by atoms with Crippen LogP contribution in [0.3, 0.4) is 0 Å². The lowest BCUT2D eigenvalue weighted by Gasteiger charge is -2.09. The molecule has 0 saturated carbocycles. The third kappa shape index (κ3) is 2.79. The molecular formula is C14H12ClN3. The number of rotatable bonds is 3. The van der Waals surface area contributed by atoms with Gasteiger partial charge in [0.05, 0.1) is 17.3 Å². The minimum Gasteiger partial charge on any atom is -0.378 e. The van der Waals surface area contributed by atoms with Crippen LogP contribution in [-0.2, 0) is 6.54 Å². The third-order valence-electron chi connectivity index (χ3n) is 2.58. The Kier molecular flexibility index (Phi) is 3.81. The van der Waals surface area contributed by atoms with Gasteiger partial charge in [-0.2, -0.15) is 5.26 Å². The first-order valence-corrected chi connectivity index (χ1v) is 5.92. The molecule has 0 aliphatic rings. The number of benzene rings is 1. The van der Waals surface area contributed by atoms with Crippen LogP contribution in [0.5, 0.6) is 0 Å². The highest BCUT2D eigenvalue weighted by molar-refractivity contribution is 6.31. The minimum atomic E-state index is 0.440. The number of nitriles is 1. The summed E-state index contributed by atoms with van der Waals surface area (Å²) >= 11 is 6.00. The average Bonchev–Trinajstić information content (AvgIpc) is 2.40. The molecule has 0 radical (unpaired) electrons. The zero-order valence-corrected chi connectivity index (χ0v) is 10.7. The normalized spacial score (nSPS) is 9.83. The summed E-state index contributed by atoms with van der Waals surface area (Å²) in [7, 11) is 0. The number of aryl methyl sites for hydroxylation is 1. The van der Waals surface area contributed by atoms with E-state index in [4.69, 9.17) is 16.9 Å². The van der Waals surface area contributed by atoms with Crippen LogP contribution in [-0.4, -0.2) is 4.98 Å².